The molecule has 0 aliphatic rings. The van der Waals surface area contributed by atoms with Crippen LogP contribution in [0.1, 0.15) is 48.8 Å². The van der Waals surface area contributed by atoms with Crippen LogP contribution in [0.5, 0.6) is 0 Å². The Labute approximate surface area is 137 Å². The number of carbonyl (C=O) groups is 1. The number of ether oxygens (including phenoxy) is 1. The molecule has 0 fully saturated rings. The van der Waals surface area contributed by atoms with Crippen molar-refractivity contribution in [2.24, 2.45) is 0 Å². The minimum absolute atomic E-state index is 0.0441. The van der Waals surface area contributed by atoms with Gasteiger partial charge in [0.2, 0.25) is 0 Å². The molecule has 0 saturated heterocycles. The van der Waals surface area contributed by atoms with E-state index in [2.05, 4.69) is 31.2 Å². The molecule has 0 N–H and O–H groups in total. The molecule has 2 rings (SSSR count). The van der Waals surface area contributed by atoms with Crippen LogP contribution in [0, 0.1) is 12.7 Å². The van der Waals surface area contributed by atoms with Gasteiger partial charge in [0.05, 0.1) is 13.0 Å². The molecule has 2 nitrogen and oxygen atoms in total. The molecule has 0 amide bonds. The van der Waals surface area contributed by atoms with Gasteiger partial charge in [0.25, 0.3) is 0 Å². The van der Waals surface area contributed by atoms with Gasteiger partial charge in [0.1, 0.15) is 5.82 Å². The first-order chi connectivity index (χ1) is 11.0. The fraction of sp³-hybridized carbons (Fsp3) is 0.350. The zero-order valence-electron chi connectivity index (χ0n) is 13.9. The van der Waals surface area contributed by atoms with Gasteiger partial charge >= 0.3 is 5.97 Å². The van der Waals surface area contributed by atoms with E-state index in [9.17, 15) is 9.18 Å². The summed E-state index contributed by atoms with van der Waals surface area (Å²) in [6.07, 6.45) is 0.286. The van der Waals surface area contributed by atoms with Gasteiger partial charge in [-0.1, -0.05) is 48.9 Å². The summed E-state index contributed by atoms with van der Waals surface area (Å²) in [4.78, 5) is 12.0. The Hall–Kier alpha value is -2.16. The van der Waals surface area contributed by atoms with Gasteiger partial charge in [-0.05, 0) is 43.0 Å². The molecule has 2 aromatic carbocycles. The lowest BCUT2D eigenvalue weighted by molar-refractivity contribution is -0.143. The predicted octanol–water partition coefficient (Wildman–Crippen LogP) is 4.97. The van der Waals surface area contributed by atoms with E-state index >= 15 is 0 Å². The lowest BCUT2D eigenvalue weighted by atomic mass is 9.80. The van der Waals surface area contributed by atoms with Crippen molar-refractivity contribution in [3.8, 4) is 0 Å². The quantitative estimate of drug-likeness (QED) is 0.703. The molecule has 0 saturated carbocycles. The molecule has 2 aromatic rings. The molecule has 0 heterocycles. The lowest BCUT2D eigenvalue weighted by Crippen LogP contribution is -2.15. The standard InChI is InChI=1S/C20H23FO2/c1-4-23-20(22)13-19(17-9-11-18(21)12-10-17)15(3)16-7-5-14(2)6-8-16/h5-12,15,19H,4,13H2,1-3H3/t15-,19+/m1/s1. The van der Waals surface area contributed by atoms with Gasteiger partial charge in [-0.15, -0.1) is 0 Å². The Morgan fingerprint density at radius 2 is 1.61 bits per heavy atom. The zero-order valence-corrected chi connectivity index (χ0v) is 13.9. The second-order valence-corrected chi connectivity index (χ2v) is 5.87. The number of hydrogen-bond donors (Lipinski definition) is 0. The van der Waals surface area contributed by atoms with E-state index in [1.54, 1.807) is 19.1 Å². The summed E-state index contributed by atoms with van der Waals surface area (Å²) in [5.41, 5.74) is 3.31. The van der Waals surface area contributed by atoms with Crippen LogP contribution in [0.15, 0.2) is 48.5 Å². The fourth-order valence-corrected chi connectivity index (χ4v) is 2.80. The van der Waals surface area contributed by atoms with E-state index in [0.29, 0.717) is 6.61 Å². The molecule has 2 atom stereocenters. The molecule has 0 bridgehead atoms. The van der Waals surface area contributed by atoms with Gasteiger partial charge in [0.15, 0.2) is 0 Å². The van der Waals surface area contributed by atoms with Crippen LogP contribution in [0.25, 0.3) is 0 Å². The monoisotopic (exact) mass is 314 g/mol. The van der Waals surface area contributed by atoms with Gasteiger partial charge in [-0.25, -0.2) is 4.39 Å². The number of hydrogen-bond acceptors (Lipinski definition) is 2. The molecule has 0 radical (unpaired) electrons. The van der Waals surface area contributed by atoms with Gasteiger partial charge in [-0.3, -0.25) is 4.79 Å². The summed E-state index contributed by atoms with van der Waals surface area (Å²) in [6, 6.07) is 14.7. The van der Waals surface area contributed by atoms with E-state index in [1.165, 1.54) is 17.7 Å². The minimum Gasteiger partial charge on any atom is -0.466 e. The van der Waals surface area contributed by atoms with Crippen molar-refractivity contribution < 1.29 is 13.9 Å². The minimum atomic E-state index is -0.272. The number of carbonyl (C=O) groups excluding carboxylic acids is 1. The molecule has 3 heteroatoms. The normalized spacial score (nSPS) is 13.4. The van der Waals surface area contributed by atoms with Crippen LogP contribution in [0.3, 0.4) is 0 Å². The van der Waals surface area contributed by atoms with Crippen molar-refractivity contribution in [2.45, 2.75) is 39.0 Å². The fourth-order valence-electron chi connectivity index (χ4n) is 2.80. The third-order valence-corrected chi connectivity index (χ3v) is 4.20. The van der Waals surface area contributed by atoms with Gasteiger partial charge in [-0.2, -0.15) is 0 Å². The molecule has 0 unspecified atom stereocenters. The van der Waals surface area contributed by atoms with Crippen LogP contribution >= 0.6 is 0 Å². The van der Waals surface area contributed by atoms with Crippen LogP contribution < -0.4 is 0 Å². The lowest BCUT2D eigenvalue weighted by Gasteiger charge is -2.24. The maximum absolute atomic E-state index is 13.2. The van der Waals surface area contributed by atoms with E-state index in [4.69, 9.17) is 4.74 Å². The molecule has 0 aliphatic heterocycles. The average Bonchev–Trinajstić information content (AvgIpc) is 2.54. The van der Waals surface area contributed by atoms with E-state index in [-0.39, 0.29) is 30.0 Å². The van der Waals surface area contributed by atoms with Gasteiger partial charge < -0.3 is 4.74 Å². The molecule has 0 spiro atoms. The summed E-state index contributed by atoms with van der Waals surface area (Å²) in [7, 11) is 0. The Morgan fingerprint density at radius 1 is 1.04 bits per heavy atom. The number of benzene rings is 2. The Bertz CT molecular complexity index is 632. The second kappa shape index (κ2) is 7.91. The molecular formula is C20H23FO2. The van der Waals surface area contributed by atoms with E-state index in [1.807, 2.05) is 6.92 Å². The van der Waals surface area contributed by atoms with Crippen LogP contribution in [-0.2, 0) is 9.53 Å². The van der Waals surface area contributed by atoms with E-state index < -0.39 is 0 Å². The highest BCUT2D eigenvalue weighted by atomic mass is 19.1. The van der Waals surface area contributed by atoms with Crippen LogP contribution in [0.4, 0.5) is 4.39 Å². The highest BCUT2D eigenvalue weighted by Gasteiger charge is 2.24. The smallest absolute Gasteiger partial charge is 0.306 e. The highest BCUT2D eigenvalue weighted by molar-refractivity contribution is 5.70. The number of halogens is 1. The van der Waals surface area contributed by atoms with Crippen LogP contribution in [-0.4, -0.2) is 12.6 Å². The molecule has 23 heavy (non-hydrogen) atoms. The van der Waals surface area contributed by atoms with Crippen molar-refractivity contribution in [3.05, 3.63) is 71.0 Å². The Kier molecular flexibility index (Phi) is 5.91. The maximum atomic E-state index is 13.2. The second-order valence-electron chi connectivity index (χ2n) is 5.87. The largest absolute Gasteiger partial charge is 0.466 e. The van der Waals surface area contributed by atoms with Crippen molar-refractivity contribution in [1.29, 1.82) is 0 Å². The first-order valence-corrected chi connectivity index (χ1v) is 7.99. The topological polar surface area (TPSA) is 26.3 Å². The Morgan fingerprint density at radius 3 is 2.17 bits per heavy atom. The summed E-state index contributed by atoms with van der Waals surface area (Å²) in [5, 5.41) is 0. The van der Waals surface area contributed by atoms with Crippen molar-refractivity contribution >= 4 is 5.97 Å². The molecule has 122 valence electrons. The summed E-state index contributed by atoms with van der Waals surface area (Å²) < 4.78 is 18.3. The first kappa shape index (κ1) is 17.2. The molecule has 0 aromatic heterocycles. The summed E-state index contributed by atoms with van der Waals surface area (Å²) in [5.74, 6) is -0.407. The van der Waals surface area contributed by atoms with Crippen LogP contribution in [0.2, 0.25) is 0 Å². The number of aryl methyl sites for hydroxylation is 1. The summed E-state index contributed by atoms with van der Waals surface area (Å²) >= 11 is 0. The molecular weight excluding hydrogens is 291 g/mol. The van der Waals surface area contributed by atoms with Crippen molar-refractivity contribution in [3.63, 3.8) is 0 Å². The third-order valence-electron chi connectivity index (χ3n) is 4.20. The molecule has 0 aliphatic carbocycles. The SMILES string of the molecule is CCOC(=O)C[C@H](c1ccc(F)cc1)[C@H](C)c1ccc(C)cc1. The number of esters is 1. The van der Waals surface area contributed by atoms with Gasteiger partial charge in [0, 0.05) is 5.92 Å². The van der Waals surface area contributed by atoms with Crippen molar-refractivity contribution in [1.82, 2.24) is 0 Å². The number of rotatable bonds is 6. The highest BCUT2D eigenvalue weighted by Crippen LogP contribution is 2.35. The maximum Gasteiger partial charge on any atom is 0.306 e. The third kappa shape index (κ3) is 4.65. The van der Waals surface area contributed by atoms with E-state index in [0.717, 1.165) is 11.1 Å². The summed E-state index contributed by atoms with van der Waals surface area (Å²) in [6.45, 7) is 6.31. The average molecular weight is 314 g/mol. The van der Waals surface area contributed by atoms with Crippen molar-refractivity contribution in [2.75, 3.05) is 6.61 Å². The first-order valence-electron chi connectivity index (χ1n) is 7.99. The zero-order chi connectivity index (χ0) is 16.8. The Balaban J connectivity index is 2.29. The predicted molar refractivity (Wildman–Crippen MR) is 90.0 cm³/mol.